The number of nitrogens with zero attached hydrogens (tertiary/aromatic N) is 2. The Hall–Kier alpha value is -1.97. The second kappa shape index (κ2) is 2.82. The third kappa shape index (κ3) is 1.46. The Labute approximate surface area is 74.1 Å². The van der Waals surface area contributed by atoms with E-state index < -0.39 is 0 Å². The van der Waals surface area contributed by atoms with Gasteiger partial charge in [0.1, 0.15) is 0 Å². The van der Waals surface area contributed by atoms with Crippen molar-refractivity contribution in [2.75, 3.05) is 5.73 Å². The third-order valence-electron chi connectivity index (χ3n) is 1.66. The molecule has 1 heterocycles. The Bertz CT molecular complexity index is 510. The van der Waals surface area contributed by atoms with Crippen molar-refractivity contribution in [3.8, 4) is 0 Å². The molecule has 0 amide bonds. The molecule has 0 spiro atoms. The summed E-state index contributed by atoms with van der Waals surface area (Å²) in [5.74, 6) is 0. The fourth-order valence-electron chi connectivity index (χ4n) is 1.08. The van der Waals surface area contributed by atoms with Crippen LogP contribution in [0.25, 0.3) is 11.0 Å². The Morgan fingerprint density at radius 3 is 2.85 bits per heavy atom. The SMILES string of the molecule is Nc1ccc2nc(=O)ccnc2c1. The highest BCUT2D eigenvalue weighted by molar-refractivity contribution is 5.77. The first kappa shape index (κ1) is 7.67. The quantitative estimate of drug-likeness (QED) is 0.591. The Morgan fingerprint density at radius 2 is 2.00 bits per heavy atom. The van der Waals surface area contributed by atoms with Crippen molar-refractivity contribution < 1.29 is 0 Å². The molecule has 0 fully saturated rings. The molecule has 2 N–H and O–H groups in total. The van der Waals surface area contributed by atoms with Crippen LogP contribution in [0.4, 0.5) is 5.69 Å². The maximum absolute atomic E-state index is 11.0. The second-order valence-electron chi connectivity index (χ2n) is 2.64. The minimum atomic E-state index is -0.299. The van der Waals surface area contributed by atoms with Crippen LogP contribution in [0.3, 0.4) is 0 Å². The molecule has 0 saturated carbocycles. The van der Waals surface area contributed by atoms with Gasteiger partial charge in [0, 0.05) is 18.0 Å². The largest absolute Gasteiger partial charge is 0.399 e. The lowest BCUT2D eigenvalue weighted by Crippen LogP contribution is -1.97. The first-order valence-electron chi connectivity index (χ1n) is 3.78. The summed E-state index contributed by atoms with van der Waals surface area (Å²) in [5.41, 5.74) is 7.06. The monoisotopic (exact) mass is 173 g/mol. The molecule has 2 rings (SSSR count). The number of rotatable bonds is 0. The highest BCUT2D eigenvalue weighted by Gasteiger charge is 1.94. The summed E-state index contributed by atoms with van der Waals surface area (Å²) >= 11 is 0. The number of hydrogen-bond acceptors (Lipinski definition) is 4. The van der Waals surface area contributed by atoms with Crippen LogP contribution in [0, 0.1) is 0 Å². The van der Waals surface area contributed by atoms with Crippen LogP contribution in [0.2, 0.25) is 0 Å². The Morgan fingerprint density at radius 1 is 1.15 bits per heavy atom. The van der Waals surface area contributed by atoms with Gasteiger partial charge in [-0.15, -0.1) is 0 Å². The van der Waals surface area contributed by atoms with Crippen LogP contribution in [0.15, 0.2) is 35.3 Å². The van der Waals surface area contributed by atoms with Crippen molar-refractivity contribution in [3.05, 3.63) is 40.8 Å². The molecule has 0 radical (unpaired) electrons. The van der Waals surface area contributed by atoms with E-state index in [1.54, 1.807) is 18.2 Å². The van der Waals surface area contributed by atoms with Crippen LogP contribution in [0.5, 0.6) is 0 Å². The number of anilines is 1. The van der Waals surface area contributed by atoms with Crippen LogP contribution >= 0.6 is 0 Å². The highest BCUT2D eigenvalue weighted by atomic mass is 16.1. The molecule has 1 aromatic heterocycles. The summed E-state index contributed by atoms with van der Waals surface area (Å²) in [6, 6.07) is 6.37. The molecule has 0 aliphatic rings. The zero-order valence-corrected chi connectivity index (χ0v) is 6.77. The number of fused-ring (bicyclic) bond motifs is 1. The molecule has 2 aromatic rings. The first-order valence-corrected chi connectivity index (χ1v) is 3.78. The summed E-state index contributed by atoms with van der Waals surface area (Å²) in [7, 11) is 0. The Balaban J connectivity index is 2.93. The zero-order valence-electron chi connectivity index (χ0n) is 6.77. The first-order chi connectivity index (χ1) is 6.25. The zero-order chi connectivity index (χ0) is 9.26. The average molecular weight is 173 g/mol. The molecule has 1 aromatic carbocycles. The molecule has 0 bridgehead atoms. The van der Waals surface area contributed by atoms with E-state index in [9.17, 15) is 4.79 Å². The molecule has 0 aliphatic heterocycles. The maximum atomic E-state index is 11.0. The van der Waals surface area contributed by atoms with Crippen LogP contribution < -0.4 is 11.3 Å². The minimum Gasteiger partial charge on any atom is -0.399 e. The van der Waals surface area contributed by atoms with Gasteiger partial charge in [-0.2, -0.15) is 0 Å². The lowest BCUT2D eigenvalue weighted by molar-refractivity contribution is 1.33. The van der Waals surface area contributed by atoms with E-state index in [-0.39, 0.29) is 5.56 Å². The average Bonchev–Trinajstić information content (AvgIpc) is 2.25. The summed E-state index contributed by atoms with van der Waals surface area (Å²) in [6.45, 7) is 0. The van der Waals surface area contributed by atoms with E-state index in [2.05, 4.69) is 9.97 Å². The predicted molar refractivity (Wildman–Crippen MR) is 50.2 cm³/mol. The lowest BCUT2D eigenvalue weighted by Gasteiger charge is -1.91. The summed E-state index contributed by atoms with van der Waals surface area (Å²) in [4.78, 5) is 18.8. The van der Waals surface area contributed by atoms with E-state index in [1.165, 1.54) is 12.3 Å². The van der Waals surface area contributed by atoms with Crippen molar-refractivity contribution >= 4 is 16.7 Å². The second-order valence-corrected chi connectivity index (χ2v) is 2.64. The molecular weight excluding hydrogens is 166 g/mol. The van der Waals surface area contributed by atoms with Gasteiger partial charge < -0.3 is 5.73 Å². The summed E-state index contributed by atoms with van der Waals surface area (Å²) in [6.07, 6.45) is 1.43. The van der Waals surface area contributed by atoms with Crippen molar-refractivity contribution in [2.45, 2.75) is 0 Å². The van der Waals surface area contributed by atoms with Gasteiger partial charge in [0.2, 0.25) is 0 Å². The maximum Gasteiger partial charge on any atom is 0.271 e. The highest BCUT2D eigenvalue weighted by Crippen LogP contribution is 2.09. The lowest BCUT2D eigenvalue weighted by atomic mass is 10.3. The normalized spacial score (nSPS) is 10.2. The number of hydrogen-bond donors (Lipinski definition) is 1. The van der Waals surface area contributed by atoms with Crippen LogP contribution in [-0.4, -0.2) is 9.97 Å². The van der Waals surface area contributed by atoms with Gasteiger partial charge in [0.25, 0.3) is 5.56 Å². The molecule has 4 nitrogen and oxygen atoms in total. The van der Waals surface area contributed by atoms with Crippen molar-refractivity contribution in [3.63, 3.8) is 0 Å². The van der Waals surface area contributed by atoms with E-state index >= 15 is 0 Å². The smallest absolute Gasteiger partial charge is 0.271 e. The van der Waals surface area contributed by atoms with Crippen molar-refractivity contribution in [1.29, 1.82) is 0 Å². The molecule has 0 saturated heterocycles. The minimum absolute atomic E-state index is 0.299. The number of nitrogens with two attached hydrogens (primary N) is 1. The molecule has 64 valence electrons. The van der Waals surface area contributed by atoms with Crippen LogP contribution in [-0.2, 0) is 0 Å². The topological polar surface area (TPSA) is 68.9 Å². The number of benzene rings is 1. The Kier molecular flexibility index (Phi) is 1.66. The van der Waals surface area contributed by atoms with E-state index in [4.69, 9.17) is 5.73 Å². The number of nitrogen functional groups attached to an aromatic ring is 1. The van der Waals surface area contributed by atoms with Gasteiger partial charge in [-0.3, -0.25) is 9.78 Å². The van der Waals surface area contributed by atoms with Gasteiger partial charge in [-0.05, 0) is 18.2 Å². The van der Waals surface area contributed by atoms with Crippen molar-refractivity contribution in [2.24, 2.45) is 0 Å². The van der Waals surface area contributed by atoms with Gasteiger partial charge in [-0.25, -0.2) is 4.98 Å². The van der Waals surface area contributed by atoms with Gasteiger partial charge in [0.15, 0.2) is 0 Å². The summed E-state index contributed by atoms with van der Waals surface area (Å²) in [5, 5.41) is 0. The van der Waals surface area contributed by atoms with Crippen LogP contribution in [0.1, 0.15) is 0 Å². The fourth-order valence-corrected chi connectivity index (χ4v) is 1.08. The third-order valence-corrected chi connectivity index (χ3v) is 1.66. The van der Waals surface area contributed by atoms with Crippen molar-refractivity contribution in [1.82, 2.24) is 9.97 Å². The molecule has 0 unspecified atom stereocenters. The van der Waals surface area contributed by atoms with Gasteiger partial charge in [-0.1, -0.05) is 0 Å². The molecule has 0 aliphatic carbocycles. The van der Waals surface area contributed by atoms with E-state index in [1.807, 2.05) is 0 Å². The number of aromatic nitrogens is 2. The summed E-state index contributed by atoms with van der Waals surface area (Å²) < 4.78 is 0. The standard InChI is InChI=1S/C9H7N3O/c10-6-1-2-7-8(5-6)11-4-3-9(13)12-7/h1-5H,10H2. The van der Waals surface area contributed by atoms with E-state index in [0.29, 0.717) is 16.7 Å². The molecular formula is C9H7N3O. The molecule has 0 atom stereocenters. The van der Waals surface area contributed by atoms with Gasteiger partial charge in [0.05, 0.1) is 11.0 Å². The fraction of sp³-hybridized carbons (Fsp3) is 0. The van der Waals surface area contributed by atoms with Gasteiger partial charge >= 0.3 is 0 Å². The molecule has 4 heteroatoms. The predicted octanol–water partition coefficient (Wildman–Crippen LogP) is 0.572. The van der Waals surface area contributed by atoms with E-state index in [0.717, 1.165) is 0 Å². The molecule has 13 heavy (non-hydrogen) atoms.